The average Bonchev–Trinajstić information content (AvgIpc) is 3.20. The fourth-order valence-corrected chi connectivity index (χ4v) is 3.55. The van der Waals surface area contributed by atoms with Crippen LogP contribution < -0.4 is 4.74 Å². The van der Waals surface area contributed by atoms with Crippen LogP contribution in [0.1, 0.15) is 84.6 Å². The van der Waals surface area contributed by atoms with E-state index in [4.69, 9.17) is 9.47 Å². The third kappa shape index (κ3) is 20.8. The topological polar surface area (TPSA) is 40.0 Å². The highest BCUT2D eigenvalue weighted by atomic mass is 32.1. The van der Waals surface area contributed by atoms with Crippen molar-refractivity contribution in [2.24, 2.45) is 10.9 Å². The Morgan fingerprint density at radius 1 is 0.895 bits per heavy atom. The second-order valence-electron chi connectivity index (χ2n) is 9.29. The molecule has 214 valence electrons. The summed E-state index contributed by atoms with van der Waals surface area (Å²) in [5, 5.41) is 0. The Kier molecular flexibility index (Phi) is 24.8. The van der Waals surface area contributed by atoms with E-state index in [0.29, 0.717) is 6.61 Å². The zero-order chi connectivity index (χ0) is 28.3. The monoisotopic (exact) mass is 543 g/mol. The maximum absolute atomic E-state index is 5.63. The third-order valence-electron chi connectivity index (χ3n) is 5.64. The molecule has 1 aliphatic carbocycles. The molecule has 0 unspecified atom stereocenters. The molecule has 0 saturated heterocycles. The molecule has 4 rings (SSSR count). The number of benzene rings is 2. The van der Waals surface area contributed by atoms with Crippen LogP contribution in [-0.2, 0) is 9.47 Å². The summed E-state index contributed by atoms with van der Waals surface area (Å²) in [5.74, 6) is 3.61. The first-order valence-electron chi connectivity index (χ1n) is 14.1. The predicted octanol–water partition coefficient (Wildman–Crippen LogP) is 9.52. The normalized spacial score (nSPS) is 14.4. The molecule has 0 amide bonds. The number of hydrogen-bond acceptors (Lipinski definition) is 5. The van der Waals surface area contributed by atoms with Crippen molar-refractivity contribution in [1.82, 2.24) is 0 Å². The lowest BCUT2D eigenvalue weighted by molar-refractivity contribution is 0.277. The SMILES string of the molecule is CC1CCCCCC1.CCCCOc1ccc(C2=CN=C(C)OC2)cc1.CCS.COC.c1ccccc1. The second-order valence-corrected chi connectivity index (χ2v) is 9.93. The largest absolute Gasteiger partial charge is 0.494 e. The van der Waals surface area contributed by atoms with Gasteiger partial charge >= 0.3 is 0 Å². The number of ether oxygens (including phenoxy) is 3. The van der Waals surface area contributed by atoms with Crippen LogP contribution in [0.15, 0.2) is 71.9 Å². The molecule has 1 saturated carbocycles. The van der Waals surface area contributed by atoms with Gasteiger partial charge in [-0.1, -0.05) is 114 Å². The first-order chi connectivity index (χ1) is 18.5. The van der Waals surface area contributed by atoms with Gasteiger partial charge in [-0.05, 0) is 35.8 Å². The molecule has 38 heavy (non-hydrogen) atoms. The van der Waals surface area contributed by atoms with Crippen LogP contribution in [0, 0.1) is 5.92 Å². The summed E-state index contributed by atoms with van der Waals surface area (Å²) in [5.41, 5.74) is 2.23. The number of aliphatic imine (C=N–C) groups is 1. The molecule has 1 fully saturated rings. The molecule has 1 heterocycles. The van der Waals surface area contributed by atoms with Crippen molar-refractivity contribution >= 4 is 24.1 Å². The standard InChI is InChI=1S/C15H19NO2.C8H16.C6H6.C2H6O.C2H6S/c1-3-4-9-17-15-7-5-13(6-8-15)14-10-16-12(2)18-11-14;1-8-6-4-2-3-5-7-8;1-2-4-6-5-3-1;1-3-2;1-2-3/h5-8,10H,3-4,9,11H2,1-2H3;8H,2-7H2,1H3;1-6H;1-2H3;3H,2H2,1H3. The molecule has 0 atom stereocenters. The second kappa shape index (κ2) is 26.4. The molecular weight excluding hydrogens is 490 g/mol. The first kappa shape index (κ1) is 35.8. The van der Waals surface area contributed by atoms with E-state index in [9.17, 15) is 0 Å². The van der Waals surface area contributed by atoms with Gasteiger partial charge in [0.25, 0.3) is 0 Å². The summed E-state index contributed by atoms with van der Waals surface area (Å²) in [6.45, 7) is 9.76. The Bertz CT molecular complexity index is 785. The lowest BCUT2D eigenvalue weighted by Gasteiger charge is -2.13. The summed E-state index contributed by atoms with van der Waals surface area (Å²) in [7, 11) is 3.25. The molecule has 0 spiro atoms. The minimum absolute atomic E-state index is 0.589. The highest BCUT2D eigenvalue weighted by Crippen LogP contribution is 2.22. The minimum Gasteiger partial charge on any atom is -0.494 e. The summed E-state index contributed by atoms with van der Waals surface area (Å²) in [6, 6.07) is 20.1. The highest BCUT2D eigenvalue weighted by molar-refractivity contribution is 7.80. The van der Waals surface area contributed by atoms with Crippen molar-refractivity contribution in [1.29, 1.82) is 0 Å². The van der Waals surface area contributed by atoms with Crippen LogP contribution in [0.25, 0.3) is 5.57 Å². The molecule has 2 aromatic rings. The quantitative estimate of drug-likeness (QED) is 0.232. The lowest BCUT2D eigenvalue weighted by Crippen LogP contribution is -2.07. The maximum atomic E-state index is 5.63. The first-order valence-corrected chi connectivity index (χ1v) is 14.8. The van der Waals surface area contributed by atoms with Crippen molar-refractivity contribution in [3.8, 4) is 5.75 Å². The van der Waals surface area contributed by atoms with Crippen LogP contribution in [0.2, 0.25) is 0 Å². The van der Waals surface area contributed by atoms with Crippen LogP contribution in [0.3, 0.4) is 0 Å². The van der Waals surface area contributed by atoms with E-state index in [1.54, 1.807) is 14.2 Å². The Hall–Kier alpha value is -2.24. The molecular formula is C33H53NO3S. The number of unbranched alkanes of at least 4 members (excludes halogenated alkanes) is 1. The average molecular weight is 544 g/mol. The van der Waals surface area contributed by atoms with E-state index in [1.165, 1.54) is 38.5 Å². The molecule has 4 nitrogen and oxygen atoms in total. The Morgan fingerprint density at radius 3 is 1.82 bits per heavy atom. The molecule has 0 N–H and O–H groups in total. The molecule has 0 aromatic heterocycles. The van der Waals surface area contributed by atoms with Gasteiger partial charge in [-0.25, -0.2) is 4.99 Å². The third-order valence-corrected chi connectivity index (χ3v) is 5.64. The number of nitrogens with zero attached hydrogens (tertiary/aromatic N) is 1. The molecule has 2 aliphatic rings. The number of hydrogen-bond donors (Lipinski definition) is 1. The zero-order valence-electron chi connectivity index (χ0n) is 24.8. The predicted molar refractivity (Wildman–Crippen MR) is 170 cm³/mol. The van der Waals surface area contributed by atoms with Crippen molar-refractivity contribution in [3.05, 3.63) is 72.4 Å². The van der Waals surface area contributed by atoms with Gasteiger partial charge in [0, 0.05) is 32.9 Å². The molecule has 2 aromatic carbocycles. The van der Waals surface area contributed by atoms with Crippen molar-refractivity contribution in [3.63, 3.8) is 0 Å². The molecule has 0 bridgehead atoms. The van der Waals surface area contributed by atoms with Gasteiger partial charge in [-0.2, -0.15) is 12.6 Å². The van der Waals surface area contributed by atoms with Gasteiger partial charge in [-0.15, -0.1) is 0 Å². The summed E-state index contributed by atoms with van der Waals surface area (Å²) in [4.78, 5) is 4.17. The van der Waals surface area contributed by atoms with Gasteiger partial charge in [0.15, 0.2) is 5.90 Å². The Labute approximate surface area is 239 Å². The van der Waals surface area contributed by atoms with E-state index in [-0.39, 0.29) is 0 Å². The van der Waals surface area contributed by atoms with E-state index in [2.05, 4.69) is 36.2 Å². The zero-order valence-corrected chi connectivity index (χ0v) is 25.7. The number of rotatable bonds is 5. The Balaban J connectivity index is 0.000000562. The summed E-state index contributed by atoms with van der Waals surface area (Å²) < 4.78 is 15.3. The molecule has 1 aliphatic heterocycles. The summed E-state index contributed by atoms with van der Waals surface area (Å²) >= 11 is 3.79. The van der Waals surface area contributed by atoms with E-state index < -0.39 is 0 Å². The minimum atomic E-state index is 0.589. The number of methoxy groups -OCH3 is 1. The van der Waals surface area contributed by atoms with Crippen molar-refractivity contribution < 1.29 is 14.2 Å². The van der Waals surface area contributed by atoms with Gasteiger partial charge in [-0.3, -0.25) is 0 Å². The van der Waals surface area contributed by atoms with E-state index in [1.807, 2.05) is 80.7 Å². The van der Waals surface area contributed by atoms with Crippen LogP contribution in [0.4, 0.5) is 0 Å². The van der Waals surface area contributed by atoms with E-state index in [0.717, 1.165) is 53.9 Å². The van der Waals surface area contributed by atoms with Crippen LogP contribution in [0.5, 0.6) is 5.75 Å². The van der Waals surface area contributed by atoms with Gasteiger partial charge < -0.3 is 14.2 Å². The molecule has 5 heteroatoms. The smallest absolute Gasteiger partial charge is 0.184 e. The number of thiol groups is 1. The molecule has 0 radical (unpaired) electrons. The highest BCUT2D eigenvalue weighted by Gasteiger charge is 2.07. The van der Waals surface area contributed by atoms with Gasteiger partial charge in [0.1, 0.15) is 12.4 Å². The lowest BCUT2D eigenvalue weighted by atomic mass is 10.0. The van der Waals surface area contributed by atoms with Crippen LogP contribution >= 0.6 is 12.6 Å². The summed E-state index contributed by atoms with van der Waals surface area (Å²) in [6.07, 6.45) is 13.0. The Morgan fingerprint density at radius 2 is 1.39 bits per heavy atom. The fraction of sp³-hybridized carbons (Fsp3) is 0.545. The fourth-order valence-electron chi connectivity index (χ4n) is 3.55. The van der Waals surface area contributed by atoms with Gasteiger partial charge in [0.2, 0.25) is 0 Å². The maximum Gasteiger partial charge on any atom is 0.184 e. The van der Waals surface area contributed by atoms with Crippen molar-refractivity contribution in [2.45, 2.75) is 79.1 Å². The van der Waals surface area contributed by atoms with E-state index >= 15 is 0 Å². The van der Waals surface area contributed by atoms with Gasteiger partial charge in [0.05, 0.1) is 6.61 Å². The van der Waals surface area contributed by atoms with Crippen molar-refractivity contribution in [2.75, 3.05) is 33.2 Å². The van der Waals surface area contributed by atoms with Crippen LogP contribution in [-0.4, -0.2) is 39.1 Å².